The van der Waals surface area contributed by atoms with E-state index in [2.05, 4.69) is 24.0 Å². The molecule has 0 bridgehead atoms. The van der Waals surface area contributed by atoms with Crippen LogP contribution in [0.4, 0.5) is 0 Å². The summed E-state index contributed by atoms with van der Waals surface area (Å²) in [7, 11) is 0. The van der Waals surface area contributed by atoms with E-state index in [1.807, 2.05) is 49.1 Å². The molecular formula is C31H30N2O7. The number of hydrogen-bond donors (Lipinski definition) is 2. The van der Waals surface area contributed by atoms with Crippen molar-refractivity contribution in [3.63, 3.8) is 0 Å². The Morgan fingerprint density at radius 3 is 2.00 bits per heavy atom. The lowest BCUT2D eigenvalue weighted by Gasteiger charge is -2.25. The molecule has 40 heavy (non-hydrogen) atoms. The summed E-state index contributed by atoms with van der Waals surface area (Å²) in [5.74, 6) is -2.06. The number of carboxylic acid groups (broad SMARTS) is 2. The second-order valence-electron chi connectivity index (χ2n) is 9.09. The highest BCUT2D eigenvalue weighted by atomic mass is 16.6. The highest BCUT2D eigenvalue weighted by molar-refractivity contribution is 5.82. The van der Waals surface area contributed by atoms with Crippen LogP contribution in [0.2, 0.25) is 0 Å². The SMILES string of the molecule is CC(c1cc2ccccc2o1)[NH+]1C=CN=C1.O=C([O-])[C@@H](OCc1ccccc1)[C@H](OCc1ccccc1)C(=O)O. The first-order valence-electron chi connectivity index (χ1n) is 12.7. The largest absolute Gasteiger partial charge is 0.547 e. The van der Waals surface area contributed by atoms with Crippen molar-refractivity contribution in [2.24, 2.45) is 4.99 Å². The molecule has 0 saturated heterocycles. The van der Waals surface area contributed by atoms with Crippen molar-refractivity contribution in [3.8, 4) is 0 Å². The molecule has 4 atom stereocenters. The van der Waals surface area contributed by atoms with E-state index >= 15 is 0 Å². The molecular weight excluding hydrogens is 512 g/mol. The fraction of sp³-hybridized carbons (Fsp3) is 0.194. The van der Waals surface area contributed by atoms with Crippen LogP contribution in [0.5, 0.6) is 0 Å². The van der Waals surface area contributed by atoms with E-state index in [-0.39, 0.29) is 19.3 Å². The molecule has 9 nitrogen and oxygen atoms in total. The number of quaternary nitrogens is 1. The Balaban J connectivity index is 0.000000199. The molecule has 2 heterocycles. The predicted molar refractivity (Wildman–Crippen MR) is 146 cm³/mol. The lowest BCUT2D eigenvalue weighted by atomic mass is 10.2. The summed E-state index contributed by atoms with van der Waals surface area (Å²) in [6, 6.07) is 28.1. The molecule has 1 aliphatic rings. The maximum atomic E-state index is 11.4. The minimum Gasteiger partial charge on any atom is -0.547 e. The van der Waals surface area contributed by atoms with Crippen molar-refractivity contribution in [1.29, 1.82) is 0 Å². The van der Waals surface area contributed by atoms with Gasteiger partial charge < -0.3 is 28.9 Å². The molecule has 0 amide bonds. The summed E-state index contributed by atoms with van der Waals surface area (Å²) < 4.78 is 16.3. The number of furan rings is 1. The van der Waals surface area contributed by atoms with Crippen molar-refractivity contribution in [2.75, 3.05) is 0 Å². The molecule has 1 aromatic heterocycles. The van der Waals surface area contributed by atoms with Crippen LogP contribution < -0.4 is 10.0 Å². The zero-order valence-electron chi connectivity index (χ0n) is 21.9. The number of carbonyl (C=O) groups is 2. The highest BCUT2D eigenvalue weighted by Crippen LogP contribution is 2.22. The first-order chi connectivity index (χ1) is 19.4. The van der Waals surface area contributed by atoms with Crippen LogP contribution in [0.3, 0.4) is 0 Å². The summed E-state index contributed by atoms with van der Waals surface area (Å²) in [6.45, 7) is 2.03. The maximum absolute atomic E-state index is 11.4. The molecule has 1 aliphatic heterocycles. The van der Waals surface area contributed by atoms with Crippen molar-refractivity contribution in [2.45, 2.75) is 38.4 Å². The predicted octanol–water partition coefficient (Wildman–Crippen LogP) is 2.88. The van der Waals surface area contributed by atoms with Gasteiger partial charge in [-0.1, -0.05) is 78.9 Å². The minimum atomic E-state index is -1.72. The number of aliphatic imine (C=N–C) groups is 1. The van der Waals surface area contributed by atoms with E-state index in [0.717, 1.165) is 27.9 Å². The third-order valence-electron chi connectivity index (χ3n) is 6.24. The Hall–Kier alpha value is -4.57. The molecule has 0 fully saturated rings. The first kappa shape index (κ1) is 28.4. The van der Waals surface area contributed by atoms with Crippen LogP contribution in [0.15, 0.2) is 113 Å². The number of aliphatic carboxylic acids is 2. The van der Waals surface area contributed by atoms with Gasteiger partial charge in [-0.15, -0.1) is 0 Å². The van der Waals surface area contributed by atoms with Crippen LogP contribution in [-0.4, -0.2) is 35.6 Å². The standard InChI is InChI=1S/C18H18O6.C13H12N2O/c19-17(20)15(23-11-13-7-3-1-4-8-13)16(18(21)22)24-12-14-9-5-2-6-10-14;1-10(15-7-6-14-9-15)13-8-11-4-2-3-5-12(11)16-13/h1-10,15-16H,11-12H2,(H,19,20)(H,21,22);2-10H,1H3/t15-,16-;/m0./s1. The summed E-state index contributed by atoms with van der Waals surface area (Å²) in [5, 5.41) is 21.7. The zero-order valence-corrected chi connectivity index (χ0v) is 21.9. The fourth-order valence-corrected chi connectivity index (χ4v) is 4.03. The van der Waals surface area contributed by atoms with E-state index < -0.39 is 24.1 Å². The van der Waals surface area contributed by atoms with E-state index in [0.29, 0.717) is 0 Å². The summed E-state index contributed by atoms with van der Waals surface area (Å²) in [5.41, 5.74) is 2.39. The Morgan fingerprint density at radius 1 is 0.900 bits per heavy atom. The van der Waals surface area contributed by atoms with Gasteiger partial charge in [0.2, 0.25) is 0 Å². The number of nitrogens with one attached hydrogen (secondary N) is 1. The van der Waals surface area contributed by atoms with Gasteiger partial charge in [0.1, 0.15) is 17.9 Å². The smallest absolute Gasteiger partial charge is 0.335 e. The van der Waals surface area contributed by atoms with Gasteiger partial charge in [0, 0.05) is 5.39 Å². The van der Waals surface area contributed by atoms with Crippen molar-refractivity contribution >= 4 is 29.2 Å². The summed E-state index contributed by atoms with van der Waals surface area (Å²) >= 11 is 0. The zero-order chi connectivity index (χ0) is 28.3. The van der Waals surface area contributed by atoms with Gasteiger partial charge >= 0.3 is 5.97 Å². The number of benzene rings is 3. The highest BCUT2D eigenvalue weighted by Gasteiger charge is 2.31. The molecule has 2 N–H and O–H groups in total. The Kier molecular flexibility index (Phi) is 9.95. The van der Waals surface area contributed by atoms with Gasteiger partial charge in [-0.25, -0.2) is 9.79 Å². The van der Waals surface area contributed by atoms with Crippen LogP contribution in [0, 0.1) is 0 Å². The lowest BCUT2D eigenvalue weighted by Crippen LogP contribution is -3.05. The van der Waals surface area contributed by atoms with Crippen LogP contribution in [-0.2, 0) is 32.3 Å². The molecule has 0 spiro atoms. The van der Waals surface area contributed by atoms with Gasteiger partial charge in [-0.2, -0.15) is 0 Å². The average Bonchev–Trinajstić information content (AvgIpc) is 3.66. The number of nitrogens with zero attached hydrogens (tertiary/aromatic N) is 1. The van der Waals surface area contributed by atoms with E-state index in [1.54, 1.807) is 48.5 Å². The van der Waals surface area contributed by atoms with Gasteiger partial charge in [-0.05, 0) is 30.2 Å². The molecule has 9 heteroatoms. The van der Waals surface area contributed by atoms with Gasteiger partial charge in [0.15, 0.2) is 24.2 Å². The molecule has 0 saturated carbocycles. The fourth-order valence-electron chi connectivity index (χ4n) is 4.03. The summed E-state index contributed by atoms with van der Waals surface area (Å²) in [6.07, 6.45) is 2.34. The Morgan fingerprint density at radius 2 is 1.48 bits per heavy atom. The molecule has 5 rings (SSSR count). The molecule has 206 valence electrons. The van der Waals surface area contributed by atoms with Gasteiger partial charge in [0.25, 0.3) is 0 Å². The Labute approximate surface area is 231 Å². The van der Waals surface area contributed by atoms with Gasteiger partial charge in [-0.3, -0.25) is 4.90 Å². The lowest BCUT2D eigenvalue weighted by molar-refractivity contribution is -0.774. The quantitative estimate of drug-likeness (QED) is 0.299. The number of fused-ring (bicyclic) bond motifs is 1. The van der Waals surface area contributed by atoms with E-state index in [4.69, 9.17) is 13.9 Å². The second kappa shape index (κ2) is 14.0. The van der Waals surface area contributed by atoms with Crippen LogP contribution in [0.1, 0.15) is 29.9 Å². The third kappa shape index (κ3) is 7.73. The van der Waals surface area contributed by atoms with E-state index in [9.17, 15) is 19.8 Å². The first-order valence-corrected chi connectivity index (χ1v) is 12.7. The third-order valence-corrected chi connectivity index (χ3v) is 6.24. The molecule has 2 unspecified atom stereocenters. The normalized spacial score (nSPS) is 16.2. The monoisotopic (exact) mass is 542 g/mol. The van der Waals surface area contributed by atoms with E-state index in [1.165, 1.54) is 4.90 Å². The Bertz CT molecular complexity index is 1350. The van der Waals surface area contributed by atoms with Crippen molar-refractivity contribution in [3.05, 3.63) is 120 Å². The number of rotatable bonds is 11. The van der Waals surface area contributed by atoms with Crippen molar-refractivity contribution in [1.82, 2.24) is 0 Å². The summed E-state index contributed by atoms with van der Waals surface area (Å²) in [4.78, 5) is 28.0. The number of carboxylic acids is 2. The topological polar surface area (TPSA) is 126 Å². The second-order valence-corrected chi connectivity index (χ2v) is 9.09. The van der Waals surface area contributed by atoms with Crippen LogP contribution >= 0.6 is 0 Å². The van der Waals surface area contributed by atoms with Crippen molar-refractivity contribution < 1.29 is 38.6 Å². The molecule has 0 radical (unpaired) electrons. The van der Waals surface area contributed by atoms with Gasteiger partial charge in [0.05, 0.1) is 25.4 Å². The number of hydrogen-bond acceptors (Lipinski definition) is 7. The molecule has 4 aromatic rings. The number of carbonyl (C=O) groups excluding carboxylic acids is 1. The van der Waals surface area contributed by atoms with Crippen LogP contribution in [0.25, 0.3) is 11.0 Å². The molecule has 3 aromatic carbocycles. The average molecular weight is 543 g/mol. The number of para-hydroxylation sites is 1. The molecule has 0 aliphatic carbocycles. The number of ether oxygens (including phenoxy) is 2. The maximum Gasteiger partial charge on any atom is 0.335 e. The minimum absolute atomic E-state index is 0.0454.